The number of aliphatic hydroxyl groups is 2. The number of pyridine rings is 2. The summed E-state index contributed by atoms with van der Waals surface area (Å²) in [6, 6.07) is 19.1. The molecule has 0 bridgehead atoms. The van der Waals surface area contributed by atoms with Gasteiger partial charge >= 0.3 is 24.8 Å². The molecule has 0 radical (unpaired) electrons. The van der Waals surface area contributed by atoms with Crippen LogP contribution in [0.2, 0.25) is 0 Å². The van der Waals surface area contributed by atoms with Gasteiger partial charge in [0.25, 0.3) is 0 Å². The third kappa shape index (κ3) is 13.5. The molecule has 2 atom stereocenters. The van der Waals surface area contributed by atoms with E-state index in [-0.39, 0.29) is 44.6 Å². The van der Waals surface area contributed by atoms with Crippen molar-refractivity contribution in [3.05, 3.63) is 73.1 Å². The predicted octanol–water partition coefficient (Wildman–Crippen LogP) is -2.50. The Morgan fingerprint density at radius 1 is 0.679 bits per heavy atom. The second kappa shape index (κ2) is 21.8. The van der Waals surface area contributed by atoms with E-state index in [2.05, 4.69) is 24.7 Å². The number of carbonyl (C=O) groups is 2. The second-order valence-corrected chi connectivity index (χ2v) is 12.9. The molecule has 0 saturated carbocycles. The number of hydrogen-bond donors (Lipinski definition) is 2. The van der Waals surface area contributed by atoms with Gasteiger partial charge in [0.1, 0.15) is 36.9 Å². The Morgan fingerprint density at radius 3 is 1.55 bits per heavy atom. The average molecular weight is 725 g/mol. The summed E-state index contributed by atoms with van der Waals surface area (Å²) in [5, 5.41) is 33.1. The van der Waals surface area contributed by atoms with E-state index in [0.29, 0.717) is 45.1 Å². The van der Waals surface area contributed by atoms with Crippen LogP contribution in [0.3, 0.4) is 0 Å². The minimum atomic E-state index is -1.05. The number of carboxylic acids is 1. The maximum Gasteiger partial charge on any atom is 1.00 e. The quantitative estimate of drug-likeness (QED) is 0.0977. The van der Waals surface area contributed by atoms with Crippen LogP contribution in [0.15, 0.2) is 73.1 Å². The number of carboxylic acid groups (broad SMARTS) is 1. The van der Waals surface area contributed by atoms with Gasteiger partial charge in [-0.2, -0.15) is 0 Å². The van der Waals surface area contributed by atoms with Gasteiger partial charge < -0.3 is 34.3 Å². The maximum atomic E-state index is 11.5. The predicted molar refractivity (Wildman–Crippen MR) is 194 cm³/mol. The molecule has 2 aliphatic rings. The first kappa shape index (κ1) is 41.9. The maximum absolute atomic E-state index is 11.5. The molecule has 0 spiro atoms. The Bertz CT molecular complexity index is 1710. The largest absolute Gasteiger partial charge is 1.00 e. The Balaban J connectivity index is 0.000000233. The molecule has 15 heteroatoms. The number of esters is 1. The number of ether oxygens (including phenoxy) is 3. The third-order valence-electron chi connectivity index (χ3n) is 8.95. The SMILES string of the molecule is CCOC(=O)CN1CCN(C[C@@H](O)COc2cccc3ncccc23)CC1.O=C([O-])CN1CCN(C[C@@H](O)COc2cccc3ncccc23)CC1.[Li+]. The molecule has 2 saturated heterocycles. The van der Waals surface area contributed by atoms with Crippen LogP contribution in [0.4, 0.5) is 0 Å². The van der Waals surface area contributed by atoms with E-state index in [4.69, 9.17) is 14.2 Å². The fraction of sp³-hybridized carbons (Fsp3) is 0.474. The fourth-order valence-corrected chi connectivity index (χ4v) is 6.31. The summed E-state index contributed by atoms with van der Waals surface area (Å²) in [4.78, 5) is 39.0. The number of aromatic nitrogens is 2. The molecule has 4 aromatic rings. The van der Waals surface area contributed by atoms with Gasteiger partial charge in [0.15, 0.2) is 0 Å². The first-order valence-corrected chi connectivity index (χ1v) is 17.8. The van der Waals surface area contributed by atoms with Crippen LogP contribution in [-0.2, 0) is 14.3 Å². The number of carbonyl (C=O) groups excluding carboxylic acids is 2. The Kier molecular flexibility index (Phi) is 17.2. The first-order chi connectivity index (χ1) is 25.3. The summed E-state index contributed by atoms with van der Waals surface area (Å²) in [7, 11) is 0. The summed E-state index contributed by atoms with van der Waals surface area (Å²) >= 11 is 0. The van der Waals surface area contributed by atoms with Crippen LogP contribution < -0.4 is 33.4 Å². The van der Waals surface area contributed by atoms with Crippen LogP contribution in [0.1, 0.15) is 6.92 Å². The number of benzene rings is 2. The summed E-state index contributed by atoms with van der Waals surface area (Å²) in [5.74, 6) is 0.220. The zero-order valence-corrected chi connectivity index (χ0v) is 30.7. The molecule has 0 aliphatic carbocycles. The number of fused-ring (bicyclic) bond motifs is 2. The van der Waals surface area contributed by atoms with Gasteiger partial charge in [0.05, 0.1) is 30.2 Å². The van der Waals surface area contributed by atoms with Crippen molar-refractivity contribution >= 4 is 33.7 Å². The Labute approximate surface area is 322 Å². The van der Waals surface area contributed by atoms with E-state index in [1.807, 2.05) is 72.5 Å². The number of rotatable bonds is 15. The number of piperazine rings is 2. The molecular formula is C38H49LiN6O8. The smallest absolute Gasteiger partial charge is 0.549 e. The fourth-order valence-electron chi connectivity index (χ4n) is 6.31. The van der Waals surface area contributed by atoms with Crippen LogP contribution in [0, 0.1) is 0 Å². The Morgan fingerprint density at radius 2 is 1.11 bits per heavy atom. The van der Waals surface area contributed by atoms with Gasteiger partial charge in [-0.3, -0.25) is 34.4 Å². The van der Waals surface area contributed by atoms with E-state index < -0.39 is 18.2 Å². The van der Waals surface area contributed by atoms with Gasteiger partial charge in [-0.05, 0) is 55.5 Å². The molecular weight excluding hydrogens is 675 g/mol. The van der Waals surface area contributed by atoms with Gasteiger partial charge in [-0.15, -0.1) is 0 Å². The molecule has 14 nitrogen and oxygen atoms in total. The van der Waals surface area contributed by atoms with Crippen molar-refractivity contribution in [3.8, 4) is 11.5 Å². The standard InChI is InChI=1S/C20H27N3O4.C18H23N3O4.Li/c1-2-26-20(25)14-23-11-9-22(10-12-23)13-16(24)15-27-19-7-3-6-18-17(19)5-4-8-21-18;22-14(11-20-7-9-21(10-8-20)12-18(23)24)13-25-17-5-1-4-16-15(17)3-2-6-19-16;/h3-8,16,24H,2,9-15H2,1H3;1-6,14,22H,7-13H2,(H,23,24);/q;;+1/p-1/t16-;14-;/m11./s1. The molecule has 53 heavy (non-hydrogen) atoms. The number of nitrogens with zero attached hydrogens (tertiary/aromatic N) is 6. The van der Waals surface area contributed by atoms with Crippen molar-refractivity contribution in [2.24, 2.45) is 0 Å². The van der Waals surface area contributed by atoms with E-state index in [9.17, 15) is 24.9 Å². The molecule has 0 amide bonds. The monoisotopic (exact) mass is 724 g/mol. The summed E-state index contributed by atoms with van der Waals surface area (Å²) in [6.45, 7) is 10.0. The minimum Gasteiger partial charge on any atom is -0.549 e. The molecule has 0 unspecified atom stereocenters. The minimum absolute atomic E-state index is 0. The number of β-amino-alcohol motifs (C(OH)–C–C–N with tert-alkyl or cyclic N) is 2. The van der Waals surface area contributed by atoms with Crippen LogP contribution in [-0.4, -0.2) is 162 Å². The van der Waals surface area contributed by atoms with E-state index in [1.54, 1.807) is 12.4 Å². The molecule has 280 valence electrons. The van der Waals surface area contributed by atoms with E-state index in [1.165, 1.54) is 0 Å². The third-order valence-corrected chi connectivity index (χ3v) is 8.95. The van der Waals surface area contributed by atoms with Crippen molar-refractivity contribution < 1.29 is 58.0 Å². The molecule has 2 aromatic carbocycles. The summed E-state index contributed by atoms with van der Waals surface area (Å²) < 4.78 is 16.6. The molecule has 4 heterocycles. The average Bonchev–Trinajstić information content (AvgIpc) is 3.15. The molecule has 2 aliphatic heterocycles. The first-order valence-electron chi connectivity index (χ1n) is 17.8. The number of aliphatic hydroxyl groups excluding tert-OH is 2. The van der Waals surface area contributed by atoms with E-state index in [0.717, 1.165) is 66.8 Å². The van der Waals surface area contributed by atoms with Gasteiger partial charge in [-0.25, -0.2) is 0 Å². The van der Waals surface area contributed by atoms with Crippen molar-refractivity contribution in [3.63, 3.8) is 0 Å². The van der Waals surface area contributed by atoms with Gasteiger partial charge in [-0.1, -0.05) is 12.1 Å². The van der Waals surface area contributed by atoms with Crippen LogP contribution in [0.25, 0.3) is 21.8 Å². The van der Waals surface area contributed by atoms with Gasteiger partial charge in [0.2, 0.25) is 0 Å². The van der Waals surface area contributed by atoms with E-state index >= 15 is 0 Å². The molecule has 2 aromatic heterocycles. The normalized spacial score (nSPS) is 16.9. The molecule has 6 rings (SSSR count). The van der Waals surface area contributed by atoms with Gasteiger partial charge in [0, 0.05) is 95.2 Å². The van der Waals surface area contributed by atoms with Crippen molar-refractivity contribution in [2.45, 2.75) is 19.1 Å². The van der Waals surface area contributed by atoms with Crippen molar-refractivity contribution in [1.82, 2.24) is 29.6 Å². The zero-order chi connectivity index (χ0) is 36.7. The van der Waals surface area contributed by atoms with Crippen LogP contribution in [0.5, 0.6) is 11.5 Å². The number of hydrogen-bond acceptors (Lipinski definition) is 14. The topological polar surface area (TPSA) is 164 Å². The summed E-state index contributed by atoms with van der Waals surface area (Å²) in [6.07, 6.45) is 2.30. The Hall–Kier alpha value is -3.84. The zero-order valence-electron chi connectivity index (χ0n) is 30.7. The number of aliphatic carboxylic acids is 1. The van der Waals surface area contributed by atoms with Crippen molar-refractivity contribution in [2.75, 3.05) is 98.4 Å². The second-order valence-electron chi connectivity index (χ2n) is 12.9. The molecule has 2 N–H and O–H groups in total. The molecule has 2 fully saturated rings. The summed E-state index contributed by atoms with van der Waals surface area (Å²) in [5.41, 5.74) is 1.74. The van der Waals surface area contributed by atoms with Crippen LogP contribution >= 0.6 is 0 Å². The van der Waals surface area contributed by atoms with Crippen molar-refractivity contribution in [1.29, 1.82) is 0 Å².